The zero-order valence-corrected chi connectivity index (χ0v) is 12.4. The van der Waals surface area contributed by atoms with E-state index in [1.807, 2.05) is 12.1 Å². The quantitative estimate of drug-likeness (QED) is 0.805. The van der Waals surface area contributed by atoms with Crippen molar-refractivity contribution in [3.05, 3.63) is 35.4 Å². The van der Waals surface area contributed by atoms with Gasteiger partial charge in [0, 0.05) is 5.56 Å². The lowest BCUT2D eigenvalue weighted by atomic mass is 9.98. The van der Waals surface area contributed by atoms with Crippen LogP contribution in [0.1, 0.15) is 56.0 Å². The topological polar surface area (TPSA) is 66.4 Å². The number of aliphatic carboxylic acids is 1. The number of hydrogen-bond acceptors (Lipinski definition) is 2. The minimum absolute atomic E-state index is 0.336. The van der Waals surface area contributed by atoms with Crippen LogP contribution in [0.2, 0.25) is 0 Å². The third-order valence-electron chi connectivity index (χ3n) is 3.60. The molecule has 0 heterocycles. The molecule has 0 aliphatic carbocycles. The summed E-state index contributed by atoms with van der Waals surface area (Å²) < 4.78 is 0. The summed E-state index contributed by atoms with van der Waals surface area (Å²) in [6.07, 6.45) is 3.59. The molecule has 2 N–H and O–H groups in total. The van der Waals surface area contributed by atoms with Crippen molar-refractivity contribution in [2.45, 2.75) is 52.0 Å². The molecule has 0 radical (unpaired) electrons. The Kier molecular flexibility index (Phi) is 5.74. The number of carboxylic acid groups (broad SMARTS) is 1. The SMILES string of the molecule is CCCCc1ccc(C(=O)NC(C)(CC)C(=O)O)cc1. The highest BCUT2D eigenvalue weighted by Crippen LogP contribution is 2.12. The maximum absolute atomic E-state index is 12.1. The normalized spacial score (nSPS) is 13.6. The summed E-state index contributed by atoms with van der Waals surface area (Å²) in [5.74, 6) is -1.37. The molecule has 0 bridgehead atoms. The average Bonchev–Trinajstić information content (AvgIpc) is 2.45. The first-order valence-electron chi connectivity index (χ1n) is 7.07. The molecular weight excluding hydrogens is 254 g/mol. The molecule has 0 spiro atoms. The lowest BCUT2D eigenvalue weighted by molar-refractivity contribution is -0.143. The third-order valence-corrected chi connectivity index (χ3v) is 3.60. The lowest BCUT2D eigenvalue weighted by Crippen LogP contribution is -2.51. The zero-order chi connectivity index (χ0) is 15.2. The van der Waals surface area contributed by atoms with Gasteiger partial charge in [0.15, 0.2) is 0 Å². The second kappa shape index (κ2) is 7.08. The summed E-state index contributed by atoms with van der Waals surface area (Å²) in [5, 5.41) is 11.7. The number of hydrogen-bond donors (Lipinski definition) is 2. The highest BCUT2D eigenvalue weighted by molar-refractivity contribution is 5.97. The largest absolute Gasteiger partial charge is 0.480 e. The number of carboxylic acids is 1. The van der Waals surface area contributed by atoms with E-state index in [1.54, 1.807) is 19.1 Å². The predicted molar refractivity (Wildman–Crippen MR) is 78.9 cm³/mol. The van der Waals surface area contributed by atoms with E-state index < -0.39 is 11.5 Å². The maximum Gasteiger partial charge on any atom is 0.329 e. The van der Waals surface area contributed by atoms with Crippen molar-refractivity contribution in [1.29, 1.82) is 0 Å². The number of carbonyl (C=O) groups is 2. The van der Waals surface area contributed by atoms with Gasteiger partial charge in [-0.2, -0.15) is 0 Å². The predicted octanol–water partition coefficient (Wildman–Crippen LogP) is 3.01. The highest BCUT2D eigenvalue weighted by atomic mass is 16.4. The van der Waals surface area contributed by atoms with E-state index in [-0.39, 0.29) is 5.91 Å². The third kappa shape index (κ3) is 4.08. The Balaban J connectivity index is 2.75. The number of amides is 1. The van der Waals surface area contributed by atoms with Crippen molar-refractivity contribution in [3.8, 4) is 0 Å². The fraction of sp³-hybridized carbons (Fsp3) is 0.500. The standard InChI is InChI=1S/C16H23NO3/c1-4-6-7-12-8-10-13(11-9-12)14(18)17-16(3,5-2)15(19)20/h8-11H,4-7H2,1-3H3,(H,17,18)(H,19,20). The summed E-state index contributed by atoms with van der Waals surface area (Å²) >= 11 is 0. The molecule has 0 saturated carbocycles. The van der Waals surface area contributed by atoms with Crippen LogP contribution in [0.15, 0.2) is 24.3 Å². The van der Waals surface area contributed by atoms with Crippen LogP contribution in [0.4, 0.5) is 0 Å². The van der Waals surface area contributed by atoms with Gasteiger partial charge in [0.1, 0.15) is 5.54 Å². The average molecular weight is 277 g/mol. The number of benzene rings is 1. The molecule has 0 saturated heterocycles. The summed E-state index contributed by atoms with van der Waals surface area (Å²) in [4.78, 5) is 23.3. The number of aryl methyl sites for hydroxylation is 1. The molecule has 4 nitrogen and oxygen atoms in total. The van der Waals surface area contributed by atoms with Crippen LogP contribution < -0.4 is 5.32 Å². The van der Waals surface area contributed by atoms with Crippen molar-refractivity contribution in [3.63, 3.8) is 0 Å². The van der Waals surface area contributed by atoms with Gasteiger partial charge in [0.2, 0.25) is 0 Å². The van der Waals surface area contributed by atoms with Crippen LogP contribution in [-0.2, 0) is 11.2 Å². The first kappa shape index (κ1) is 16.2. The molecule has 1 unspecified atom stereocenters. The molecule has 1 aromatic carbocycles. The van der Waals surface area contributed by atoms with Gasteiger partial charge in [-0.15, -0.1) is 0 Å². The Morgan fingerprint density at radius 1 is 1.20 bits per heavy atom. The Labute approximate surface area is 120 Å². The smallest absolute Gasteiger partial charge is 0.329 e. The van der Waals surface area contributed by atoms with E-state index in [1.165, 1.54) is 12.5 Å². The number of nitrogens with one attached hydrogen (secondary N) is 1. The maximum atomic E-state index is 12.1. The van der Waals surface area contributed by atoms with Crippen LogP contribution in [0.3, 0.4) is 0 Å². The molecule has 110 valence electrons. The van der Waals surface area contributed by atoms with Crippen molar-refractivity contribution in [2.24, 2.45) is 0 Å². The molecule has 1 aromatic rings. The van der Waals surface area contributed by atoms with Gasteiger partial charge in [0.25, 0.3) is 5.91 Å². The van der Waals surface area contributed by atoms with E-state index in [0.717, 1.165) is 19.3 Å². The van der Waals surface area contributed by atoms with E-state index in [0.29, 0.717) is 12.0 Å². The Morgan fingerprint density at radius 2 is 1.80 bits per heavy atom. The molecular formula is C16H23NO3. The van der Waals surface area contributed by atoms with E-state index >= 15 is 0 Å². The van der Waals surface area contributed by atoms with Gasteiger partial charge in [-0.25, -0.2) is 4.79 Å². The molecule has 0 aliphatic heterocycles. The van der Waals surface area contributed by atoms with Gasteiger partial charge in [-0.3, -0.25) is 4.79 Å². The second-order valence-electron chi connectivity index (χ2n) is 5.25. The molecule has 0 aliphatic rings. The summed E-state index contributed by atoms with van der Waals surface area (Å²) in [6, 6.07) is 7.35. The fourth-order valence-corrected chi connectivity index (χ4v) is 1.82. The minimum atomic E-state index is -1.22. The van der Waals surface area contributed by atoms with Crippen LogP contribution in [0.5, 0.6) is 0 Å². The number of rotatable bonds is 7. The van der Waals surface area contributed by atoms with E-state index in [4.69, 9.17) is 5.11 Å². The summed E-state index contributed by atoms with van der Waals surface area (Å²) in [6.45, 7) is 5.39. The van der Waals surface area contributed by atoms with Crippen LogP contribution >= 0.6 is 0 Å². The second-order valence-corrected chi connectivity index (χ2v) is 5.25. The monoisotopic (exact) mass is 277 g/mol. The molecule has 1 amide bonds. The molecule has 4 heteroatoms. The highest BCUT2D eigenvalue weighted by Gasteiger charge is 2.32. The van der Waals surface area contributed by atoms with Crippen LogP contribution in [-0.4, -0.2) is 22.5 Å². The first-order valence-corrected chi connectivity index (χ1v) is 7.07. The summed E-state index contributed by atoms with van der Waals surface area (Å²) in [5.41, 5.74) is 0.462. The van der Waals surface area contributed by atoms with Gasteiger partial charge in [-0.1, -0.05) is 32.4 Å². The Bertz CT molecular complexity index is 467. The molecule has 1 rings (SSSR count). The molecule has 0 aromatic heterocycles. The van der Waals surface area contributed by atoms with E-state index in [2.05, 4.69) is 12.2 Å². The molecule has 1 atom stereocenters. The van der Waals surface area contributed by atoms with Gasteiger partial charge < -0.3 is 10.4 Å². The Morgan fingerprint density at radius 3 is 2.25 bits per heavy atom. The molecule has 0 fully saturated rings. The minimum Gasteiger partial charge on any atom is -0.480 e. The summed E-state index contributed by atoms with van der Waals surface area (Å²) in [7, 11) is 0. The number of carbonyl (C=O) groups excluding carboxylic acids is 1. The van der Waals surface area contributed by atoms with Gasteiger partial charge in [0.05, 0.1) is 0 Å². The van der Waals surface area contributed by atoms with Crippen molar-refractivity contribution < 1.29 is 14.7 Å². The van der Waals surface area contributed by atoms with Crippen molar-refractivity contribution >= 4 is 11.9 Å². The fourth-order valence-electron chi connectivity index (χ4n) is 1.82. The lowest BCUT2D eigenvalue weighted by Gasteiger charge is -2.24. The van der Waals surface area contributed by atoms with Gasteiger partial charge in [-0.05, 0) is 43.9 Å². The van der Waals surface area contributed by atoms with Crippen molar-refractivity contribution in [1.82, 2.24) is 5.32 Å². The van der Waals surface area contributed by atoms with Gasteiger partial charge >= 0.3 is 5.97 Å². The first-order chi connectivity index (χ1) is 9.42. The zero-order valence-electron chi connectivity index (χ0n) is 12.4. The van der Waals surface area contributed by atoms with Crippen molar-refractivity contribution in [2.75, 3.05) is 0 Å². The van der Waals surface area contributed by atoms with Crippen LogP contribution in [0.25, 0.3) is 0 Å². The Hall–Kier alpha value is -1.84. The molecule has 20 heavy (non-hydrogen) atoms. The van der Waals surface area contributed by atoms with Crippen LogP contribution in [0, 0.1) is 0 Å². The number of unbranched alkanes of at least 4 members (excludes halogenated alkanes) is 1. The van der Waals surface area contributed by atoms with E-state index in [9.17, 15) is 9.59 Å².